The average molecular weight is 288 g/mol. The number of carbonyl (C=O) groups is 1. The first kappa shape index (κ1) is 20.5. The van der Waals surface area contributed by atoms with Crippen LogP contribution >= 0.6 is 0 Å². The summed E-state index contributed by atoms with van der Waals surface area (Å²) in [6, 6.07) is 0. The second-order valence-electron chi connectivity index (χ2n) is 4.08. The fourth-order valence-corrected chi connectivity index (χ4v) is 1.28. The van der Waals surface area contributed by atoms with E-state index >= 15 is 0 Å². The predicted molar refractivity (Wildman–Crippen MR) is 64.8 cm³/mol. The van der Waals surface area contributed by atoms with Gasteiger partial charge in [0.15, 0.2) is 0 Å². The highest BCUT2D eigenvalue weighted by molar-refractivity contribution is 5.73. The van der Waals surface area contributed by atoms with Gasteiger partial charge in [-0.25, -0.2) is 4.79 Å². The van der Waals surface area contributed by atoms with Crippen molar-refractivity contribution in [3.05, 3.63) is 0 Å². The van der Waals surface area contributed by atoms with Crippen molar-refractivity contribution in [1.29, 1.82) is 0 Å². The lowest BCUT2D eigenvalue weighted by molar-refractivity contribution is -0.192. The zero-order valence-electron chi connectivity index (χ0n) is 11.0. The second-order valence-corrected chi connectivity index (χ2v) is 4.08. The zero-order chi connectivity index (χ0) is 15.1. The Bertz CT molecular complexity index is 198. The normalized spacial score (nSPS) is 10.8. The molecule has 0 aromatic heterocycles. The first-order valence-corrected chi connectivity index (χ1v) is 6.38. The first-order chi connectivity index (χ1) is 8.86. The molecule has 0 bridgehead atoms. The van der Waals surface area contributed by atoms with E-state index in [9.17, 15) is 13.2 Å². The van der Waals surface area contributed by atoms with Crippen molar-refractivity contribution in [2.45, 2.75) is 57.5 Å². The SMILES string of the molecule is O=C(O)C(F)(F)F.OCCCCCCCCCCO. The summed E-state index contributed by atoms with van der Waals surface area (Å²) in [4.78, 5) is 8.90. The molecular formula is C12H23F3O4. The van der Waals surface area contributed by atoms with Gasteiger partial charge in [-0.1, -0.05) is 38.5 Å². The third-order valence-electron chi connectivity index (χ3n) is 2.31. The number of alkyl halides is 3. The fraction of sp³-hybridized carbons (Fsp3) is 0.917. The number of hydrogen-bond acceptors (Lipinski definition) is 3. The van der Waals surface area contributed by atoms with Gasteiger partial charge in [0.1, 0.15) is 0 Å². The molecule has 0 aromatic carbocycles. The van der Waals surface area contributed by atoms with Crippen LogP contribution in [0.4, 0.5) is 13.2 Å². The topological polar surface area (TPSA) is 77.8 Å². The van der Waals surface area contributed by atoms with E-state index in [4.69, 9.17) is 20.1 Å². The minimum atomic E-state index is -5.08. The van der Waals surface area contributed by atoms with Crippen molar-refractivity contribution in [2.24, 2.45) is 0 Å². The quantitative estimate of drug-likeness (QED) is 0.570. The minimum Gasteiger partial charge on any atom is -0.475 e. The lowest BCUT2D eigenvalue weighted by Crippen LogP contribution is -2.21. The van der Waals surface area contributed by atoms with E-state index in [1.54, 1.807) is 0 Å². The molecule has 0 rings (SSSR count). The van der Waals surface area contributed by atoms with Crippen LogP contribution in [-0.2, 0) is 4.79 Å². The van der Waals surface area contributed by atoms with Gasteiger partial charge in [0, 0.05) is 13.2 Å². The van der Waals surface area contributed by atoms with E-state index in [0.717, 1.165) is 25.7 Å². The van der Waals surface area contributed by atoms with Crippen LogP contribution in [0.15, 0.2) is 0 Å². The Balaban J connectivity index is 0. The lowest BCUT2D eigenvalue weighted by atomic mass is 10.1. The summed E-state index contributed by atoms with van der Waals surface area (Å²) in [5.41, 5.74) is 0. The van der Waals surface area contributed by atoms with Gasteiger partial charge in [-0.2, -0.15) is 13.2 Å². The Labute approximate surface area is 111 Å². The van der Waals surface area contributed by atoms with Gasteiger partial charge in [-0.3, -0.25) is 0 Å². The molecule has 0 radical (unpaired) electrons. The molecule has 116 valence electrons. The van der Waals surface area contributed by atoms with Crippen molar-refractivity contribution >= 4 is 5.97 Å². The Kier molecular flexibility index (Phi) is 14.7. The first-order valence-electron chi connectivity index (χ1n) is 6.38. The summed E-state index contributed by atoms with van der Waals surface area (Å²) in [6.45, 7) is 0.676. The molecule has 0 amide bonds. The minimum absolute atomic E-state index is 0.338. The van der Waals surface area contributed by atoms with Crippen molar-refractivity contribution in [3.63, 3.8) is 0 Å². The molecule has 0 heterocycles. The highest BCUT2D eigenvalue weighted by atomic mass is 19.4. The van der Waals surface area contributed by atoms with Crippen LogP contribution in [0.1, 0.15) is 51.4 Å². The maximum atomic E-state index is 10.6. The Morgan fingerprint density at radius 2 is 0.947 bits per heavy atom. The van der Waals surface area contributed by atoms with Crippen molar-refractivity contribution < 1.29 is 33.3 Å². The zero-order valence-corrected chi connectivity index (χ0v) is 11.0. The van der Waals surface area contributed by atoms with Gasteiger partial charge in [0.25, 0.3) is 0 Å². The maximum Gasteiger partial charge on any atom is 0.490 e. The summed E-state index contributed by atoms with van der Waals surface area (Å²) in [5, 5.41) is 24.1. The van der Waals surface area contributed by atoms with Crippen molar-refractivity contribution in [1.82, 2.24) is 0 Å². The van der Waals surface area contributed by atoms with Crippen molar-refractivity contribution in [2.75, 3.05) is 13.2 Å². The number of carboxylic acids is 1. The third-order valence-corrected chi connectivity index (χ3v) is 2.31. The van der Waals surface area contributed by atoms with Crippen LogP contribution in [0.3, 0.4) is 0 Å². The van der Waals surface area contributed by atoms with Gasteiger partial charge in [0.2, 0.25) is 0 Å². The van der Waals surface area contributed by atoms with Crippen LogP contribution < -0.4 is 0 Å². The molecular weight excluding hydrogens is 265 g/mol. The van der Waals surface area contributed by atoms with Gasteiger partial charge in [-0.15, -0.1) is 0 Å². The number of rotatable bonds is 9. The summed E-state index contributed by atoms with van der Waals surface area (Å²) >= 11 is 0. The van der Waals surface area contributed by atoms with Crippen LogP contribution in [-0.4, -0.2) is 40.7 Å². The molecule has 0 unspecified atom stereocenters. The van der Waals surface area contributed by atoms with E-state index in [2.05, 4.69) is 0 Å². The molecule has 0 spiro atoms. The second kappa shape index (κ2) is 13.6. The molecule has 3 N–H and O–H groups in total. The Morgan fingerprint density at radius 1 is 0.737 bits per heavy atom. The highest BCUT2D eigenvalue weighted by Gasteiger charge is 2.38. The highest BCUT2D eigenvalue weighted by Crippen LogP contribution is 2.13. The van der Waals surface area contributed by atoms with Crippen LogP contribution in [0.25, 0.3) is 0 Å². The number of carboxylic acid groups (broad SMARTS) is 1. The average Bonchev–Trinajstić information content (AvgIpc) is 2.32. The van der Waals surface area contributed by atoms with E-state index < -0.39 is 12.1 Å². The van der Waals surface area contributed by atoms with Crippen LogP contribution in [0, 0.1) is 0 Å². The molecule has 0 saturated carbocycles. The van der Waals surface area contributed by atoms with E-state index in [1.165, 1.54) is 25.7 Å². The van der Waals surface area contributed by atoms with Gasteiger partial charge >= 0.3 is 12.1 Å². The molecule has 7 heteroatoms. The predicted octanol–water partition coefficient (Wildman–Crippen LogP) is 2.73. The lowest BCUT2D eigenvalue weighted by Gasteiger charge is -1.99. The fourth-order valence-electron chi connectivity index (χ4n) is 1.28. The molecule has 4 nitrogen and oxygen atoms in total. The van der Waals surface area contributed by atoms with Crippen molar-refractivity contribution in [3.8, 4) is 0 Å². The number of aliphatic hydroxyl groups excluding tert-OH is 2. The number of aliphatic carboxylic acids is 1. The molecule has 0 fully saturated rings. The number of halogens is 3. The molecule has 0 aliphatic heterocycles. The molecule has 0 aliphatic carbocycles. The standard InChI is InChI=1S/C10H22O2.C2HF3O2/c11-9-7-5-3-1-2-4-6-8-10-12;3-2(4,5)1(6)7/h11-12H,1-10H2;(H,6,7). The van der Waals surface area contributed by atoms with Gasteiger partial charge in [-0.05, 0) is 12.8 Å². The smallest absolute Gasteiger partial charge is 0.475 e. The molecule has 0 aliphatic rings. The third kappa shape index (κ3) is 19.7. The summed E-state index contributed by atoms with van der Waals surface area (Å²) in [6.07, 6.45) is 4.22. The van der Waals surface area contributed by atoms with E-state index in [-0.39, 0.29) is 0 Å². The summed E-state index contributed by atoms with van der Waals surface area (Å²) < 4.78 is 31.7. The monoisotopic (exact) mass is 288 g/mol. The van der Waals surface area contributed by atoms with Gasteiger partial charge in [0.05, 0.1) is 0 Å². The largest absolute Gasteiger partial charge is 0.490 e. The Morgan fingerprint density at radius 3 is 1.11 bits per heavy atom. The number of aliphatic hydroxyl groups is 2. The Hall–Kier alpha value is -0.820. The molecule has 19 heavy (non-hydrogen) atoms. The maximum absolute atomic E-state index is 10.6. The van der Waals surface area contributed by atoms with E-state index in [0.29, 0.717) is 13.2 Å². The molecule has 0 atom stereocenters. The van der Waals surface area contributed by atoms with Crippen LogP contribution in [0.2, 0.25) is 0 Å². The number of hydrogen-bond donors (Lipinski definition) is 3. The van der Waals surface area contributed by atoms with Crippen LogP contribution in [0.5, 0.6) is 0 Å². The number of unbranched alkanes of at least 4 members (excludes halogenated alkanes) is 7. The molecule has 0 saturated heterocycles. The van der Waals surface area contributed by atoms with Gasteiger partial charge < -0.3 is 15.3 Å². The molecule has 0 aromatic rings. The summed E-state index contributed by atoms with van der Waals surface area (Å²) in [7, 11) is 0. The summed E-state index contributed by atoms with van der Waals surface area (Å²) in [5.74, 6) is -2.76. The van der Waals surface area contributed by atoms with E-state index in [1.807, 2.05) is 0 Å².